The topological polar surface area (TPSA) is 87.8 Å². The fraction of sp³-hybridized carbons (Fsp3) is 0.900. The number of aliphatic hydroxyl groups is 1. The van der Waals surface area contributed by atoms with E-state index in [9.17, 15) is 9.90 Å². The summed E-state index contributed by atoms with van der Waals surface area (Å²) in [5.74, 6) is 4.89. The van der Waals surface area contributed by atoms with Crippen LogP contribution in [0.25, 0.3) is 0 Å². The molecule has 1 amide bonds. The summed E-state index contributed by atoms with van der Waals surface area (Å²) in [4.78, 5) is 13.6. The van der Waals surface area contributed by atoms with Gasteiger partial charge in [-0.1, -0.05) is 6.42 Å². The van der Waals surface area contributed by atoms with Crippen LogP contribution in [0.2, 0.25) is 0 Å². The van der Waals surface area contributed by atoms with Gasteiger partial charge >= 0.3 is 0 Å². The predicted octanol–water partition coefficient (Wildman–Crippen LogP) is -1.16. The van der Waals surface area contributed by atoms with E-state index in [1.165, 1.54) is 0 Å². The number of nitrogens with one attached hydrogen (secondary N) is 1. The molecule has 1 saturated heterocycles. The Balaban J connectivity index is 2.69. The normalized spacial score (nSPS) is 24.1. The molecule has 6 nitrogen and oxygen atoms in total. The quantitative estimate of drug-likeness (QED) is 0.315. The highest BCUT2D eigenvalue weighted by molar-refractivity contribution is 5.81. The Hall–Kier alpha value is -0.690. The molecule has 16 heavy (non-hydrogen) atoms. The Morgan fingerprint density at radius 3 is 3.00 bits per heavy atom. The minimum atomic E-state index is -0.410. The van der Waals surface area contributed by atoms with Gasteiger partial charge in [-0.15, -0.1) is 0 Å². The van der Waals surface area contributed by atoms with Gasteiger partial charge in [-0.25, -0.2) is 5.84 Å². The monoisotopic (exact) mass is 231 g/mol. The Labute approximate surface area is 95.7 Å². The maximum atomic E-state index is 11.6. The summed E-state index contributed by atoms with van der Waals surface area (Å²) in [5.41, 5.74) is 2.15. The summed E-state index contributed by atoms with van der Waals surface area (Å²) in [5, 5.41) is 9.29. The van der Waals surface area contributed by atoms with Gasteiger partial charge in [-0.05, 0) is 19.4 Å². The molecule has 0 aromatic carbocycles. The van der Waals surface area contributed by atoms with Crippen LogP contribution in [-0.4, -0.2) is 54.9 Å². The lowest BCUT2D eigenvalue weighted by atomic mass is 10.00. The van der Waals surface area contributed by atoms with Gasteiger partial charge in [0.15, 0.2) is 0 Å². The third-order valence-electron chi connectivity index (χ3n) is 3.05. The highest BCUT2D eigenvalue weighted by Gasteiger charge is 2.32. The molecule has 6 heteroatoms. The van der Waals surface area contributed by atoms with Crippen molar-refractivity contribution in [3.63, 3.8) is 0 Å². The molecule has 94 valence electrons. The first kappa shape index (κ1) is 13.4. The van der Waals surface area contributed by atoms with Gasteiger partial charge in [0.1, 0.15) is 6.04 Å². The second-order valence-corrected chi connectivity index (χ2v) is 4.05. The average molecular weight is 231 g/mol. The third-order valence-corrected chi connectivity index (χ3v) is 3.05. The molecule has 2 atom stereocenters. The molecule has 1 rings (SSSR count). The number of likely N-dealkylation sites (tertiary alicyclic amines) is 1. The summed E-state index contributed by atoms with van der Waals surface area (Å²) in [6.45, 7) is 1.16. The van der Waals surface area contributed by atoms with Crippen LogP contribution >= 0.6 is 0 Å². The van der Waals surface area contributed by atoms with Crippen LogP contribution in [0.3, 0.4) is 0 Å². The summed E-state index contributed by atoms with van der Waals surface area (Å²) in [6.07, 6.45) is 3.04. The molecular weight excluding hydrogens is 210 g/mol. The Morgan fingerprint density at radius 2 is 2.44 bits per heavy atom. The van der Waals surface area contributed by atoms with Crippen molar-refractivity contribution in [1.29, 1.82) is 0 Å². The van der Waals surface area contributed by atoms with Crippen molar-refractivity contribution in [2.75, 3.05) is 26.9 Å². The zero-order chi connectivity index (χ0) is 12.0. The SMILES string of the molecule is COCC(C(=O)NN)N1CCCCC1CO. The molecule has 1 heterocycles. The standard InChI is InChI=1S/C10H21N3O3/c1-16-7-9(10(15)12-11)13-5-3-2-4-8(13)6-14/h8-9,14H,2-7,11H2,1H3,(H,12,15). The van der Waals surface area contributed by atoms with E-state index in [0.717, 1.165) is 25.8 Å². The van der Waals surface area contributed by atoms with Gasteiger partial charge in [-0.2, -0.15) is 0 Å². The van der Waals surface area contributed by atoms with Gasteiger partial charge in [0, 0.05) is 13.2 Å². The van der Waals surface area contributed by atoms with Crippen molar-refractivity contribution in [2.45, 2.75) is 31.3 Å². The smallest absolute Gasteiger partial charge is 0.253 e. The molecular formula is C10H21N3O3. The molecule has 0 radical (unpaired) electrons. The fourth-order valence-electron chi connectivity index (χ4n) is 2.21. The molecule has 0 bridgehead atoms. The molecule has 4 N–H and O–H groups in total. The van der Waals surface area contributed by atoms with E-state index in [-0.39, 0.29) is 18.6 Å². The number of hydrogen-bond acceptors (Lipinski definition) is 5. The van der Waals surface area contributed by atoms with Gasteiger partial charge in [0.25, 0.3) is 5.91 Å². The first-order valence-electron chi connectivity index (χ1n) is 5.60. The lowest BCUT2D eigenvalue weighted by molar-refractivity contribution is -0.131. The zero-order valence-corrected chi connectivity index (χ0v) is 9.69. The number of amides is 1. The third kappa shape index (κ3) is 3.15. The highest BCUT2D eigenvalue weighted by Crippen LogP contribution is 2.19. The fourth-order valence-corrected chi connectivity index (χ4v) is 2.21. The number of hydrazine groups is 1. The molecule has 0 saturated carbocycles. The van der Waals surface area contributed by atoms with Crippen LogP contribution in [0.5, 0.6) is 0 Å². The van der Waals surface area contributed by atoms with Crippen LogP contribution < -0.4 is 11.3 Å². The number of nitrogens with zero attached hydrogens (tertiary/aromatic N) is 1. The molecule has 0 aromatic heterocycles. The summed E-state index contributed by atoms with van der Waals surface area (Å²) < 4.78 is 5.03. The molecule has 0 aliphatic carbocycles. The van der Waals surface area contributed by atoms with Crippen LogP contribution in [0.4, 0.5) is 0 Å². The average Bonchev–Trinajstić information content (AvgIpc) is 2.35. The second-order valence-electron chi connectivity index (χ2n) is 4.05. The second kappa shape index (κ2) is 6.80. The number of carbonyl (C=O) groups excluding carboxylic acids is 1. The highest BCUT2D eigenvalue weighted by atomic mass is 16.5. The van der Waals surface area contributed by atoms with E-state index in [4.69, 9.17) is 10.6 Å². The predicted molar refractivity (Wildman–Crippen MR) is 59.4 cm³/mol. The first-order chi connectivity index (χ1) is 7.74. The lowest BCUT2D eigenvalue weighted by Crippen LogP contribution is -2.57. The van der Waals surface area contributed by atoms with Crippen molar-refractivity contribution in [2.24, 2.45) is 5.84 Å². The van der Waals surface area contributed by atoms with E-state index in [0.29, 0.717) is 6.61 Å². The van der Waals surface area contributed by atoms with Gasteiger partial charge in [0.2, 0.25) is 0 Å². The zero-order valence-electron chi connectivity index (χ0n) is 9.69. The maximum absolute atomic E-state index is 11.6. The van der Waals surface area contributed by atoms with Crippen LogP contribution in [0.1, 0.15) is 19.3 Å². The molecule has 1 fully saturated rings. The number of piperidine rings is 1. The van der Waals surface area contributed by atoms with Crippen LogP contribution in [0.15, 0.2) is 0 Å². The molecule has 0 spiro atoms. The lowest BCUT2D eigenvalue weighted by Gasteiger charge is -2.39. The summed E-state index contributed by atoms with van der Waals surface area (Å²) >= 11 is 0. The summed E-state index contributed by atoms with van der Waals surface area (Å²) in [6, 6.07) is -0.376. The van der Waals surface area contributed by atoms with E-state index >= 15 is 0 Å². The minimum absolute atomic E-state index is 0.0335. The van der Waals surface area contributed by atoms with Crippen LogP contribution in [-0.2, 0) is 9.53 Å². The van der Waals surface area contributed by atoms with Crippen molar-refractivity contribution in [3.8, 4) is 0 Å². The van der Waals surface area contributed by atoms with E-state index < -0.39 is 6.04 Å². The molecule has 1 aliphatic heterocycles. The number of ether oxygens (including phenoxy) is 1. The minimum Gasteiger partial charge on any atom is -0.395 e. The van der Waals surface area contributed by atoms with Crippen molar-refractivity contribution < 1.29 is 14.6 Å². The number of rotatable bonds is 5. The Kier molecular flexibility index (Phi) is 5.68. The van der Waals surface area contributed by atoms with Crippen molar-refractivity contribution >= 4 is 5.91 Å². The van der Waals surface area contributed by atoms with E-state index in [1.54, 1.807) is 7.11 Å². The molecule has 0 aromatic rings. The number of hydrogen-bond donors (Lipinski definition) is 3. The number of aliphatic hydroxyl groups excluding tert-OH is 1. The number of carbonyl (C=O) groups is 1. The van der Waals surface area contributed by atoms with Gasteiger partial charge in [0.05, 0.1) is 13.2 Å². The maximum Gasteiger partial charge on any atom is 0.253 e. The van der Waals surface area contributed by atoms with Crippen molar-refractivity contribution in [3.05, 3.63) is 0 Å². The first-order valence-corrected chi connectivity index (χ1v) is 5.60. The Morgan fingerprint density at radius 1 is 1.69 bits per heavy atom. The Bertz CT molecular complexity index is 225. The van der Waals surface area contributed by atoms with Crippen LogP contribution in [0, 0.1) is 0 Å². The largest absolute Gasteiger partial charge is 0.395 e. The summed E-state index contributed by atoms with van der Waals surface area (Å²) in [7, 11) is 1.55. The van der Waals surface area contributed by atoms with Gasteiger partial charge < -0.3 is 9.84 Å². The molecule has 2 unspecified atom stereocenters. The number of nitrogens with two attached hydrogens (primary N) is 1. The van der Waals surface area contributed by atoms with E-state index in [1.807, 2.05) is 4.90 Å². The van der Waals surface area contributed by atoms with Crippen molar-refractivity contribution in [1.82, 2.24) is 10.3 Å². The number of methoxy groups -OCH3 is 1. The van der Waals surface area contributed by atoms with E-state index in [2.05, 4.69) is 5.43 Å². The van der Waals surface area contributed by atoms with Gasteiger partial charge in [-0.3, -0.25) is 15.1 Å². The molecule has 1 aliphatic rings.